The van der Waals surface area contributed by atoms with Gasteiger partial charge >= 0.3 is 0 Å². The number of aromatic nitrogens is 2. The van der Waals surface area contributed by atoms with E-state index in [-0.39, 0.29) is 0 Å². The van der Waals surface area contributed by atoms with E-state index in [9.17, 15) is 0 Å². The van der Waals surface area contributed by atoms with Crippen LogP contribution in [0.15, 0.2) is 114 Å². The van der Waals surface area contributed by atoms with Crippen LogP contribution in [-0.2, 0) is 0 Å². The third-order valence-corrected chi connectivity index (χ3v) is 7.18. The van der Waals surface area contributed by atoms with Crippen molar-refractivity contribution in [2.24, 2.45) is 4.99 Å². The SMILES string of the molecule is C1=CCCC(C2=NC=C(n3ccc4ccc5c6ccccc6n(-c6ccccc6)c5c43)CC2)=C1. The van der Waals surface area contributed by atoms with Crippen LogP contribution in [0.25, 0.3) is 44.1 Å². The maximum absolute atomic E-state index is 4.93. The van der Waals surface area contributed by atoms with Gasteiger partial charge in [0.2, 0.25) is 0 Å². The van der Waals surface area contributed by atoms with Crippen molar-refractivity contribution >= 4 is 44.1 Å². The van der Waals surface area contributed by atoms with E-state index in [0.717, 1.165) is 25.7 Å². The molecule has 0 fully saturated rings. The summed E-state index contributed by atoms with van der Waals surface area (Å²) >= 11 is 0. The Bertz CT molecular complexity index is 1690. The van der Waals surface area contributed by atoms with Crippen LogP contribution in [0.1, 0.15) is 25.7 Å². The van der Waals surface area contributed by atoms with Gasteiger partial charge in [-0.15, -0.1) is 0 Å². The van der Waals surface area contributed by atoms with Crippen LogP contribution in [0.4, 0.5) is 0 Å². The van der Waals surface area contributed by atoms with Crippen LogP contribution in [0.3, 0.4) is 0 Å². The summed E-state index contributed by atoms with van der Waals surface area (Å²) in [7, 11) is 0. The molecular weight excluding hydrogens is 414 g/mol. The fourth-order valence-electron chi connectivity index (χ4n) is 5.55. The molecule has 3 heteroatoms. The number of benzene rings is 3. The molecule has 7 rings (SSSR count). The molecule has 2 aliphatic rings. The van der Waals surface area contributed by atoms with Gasteiger partial charge in [0.05, 0.1) is 16.6 Å². The molecule has 0 amide bonds. The van der Waals surface area contributed by atoms with Crippen molar-refractivity contribution in [3.05, 3.63) is 109 Å². The molecule has 0 saturated heterocycles. The van der Waals surface area contributed by atoms with Crippen LogP contribution in [0.2, 0.25) is 0 Å². The first-order chi connectivity index (χ1) is 16.9. The quantitative estimate of drug-likeness (QED) is 0.271. The normalized spacial score (nSPS) is 16.2. The highest BCUT2D eigenvalue weighted by Crippen LogP contribution is 2.38. The van der Waals surface area contributed by atoms with E-state index in [2.05, 4.69) is 113 Å². The monoisotopic (exact) mass is 439 g/mol. The minimum atomic E-state index is 0.989. The van der Waals surface area contributed by atoms with Crippen LogP contribution in [-0.4, -0.2) is 14.8 Å². The summed E-state index contributed by atoms with van der Waals surface area (Å²) in [6, 6.07) is 26.2. The Morgan fingerprint density at radius 3 is 2.44 bits per heavy atom. The zero-order chi connectivity index (χ0) is 22.5. The van der Waals surface area contributed by atoms with Gasteiger partial charge in [0.15, 0.2) is 0 Å². The Hall–Kier alpha value is -4.11. The van der Waals surface area contributed by atoms with Gasteiger partial charge < -0.3 is 9.13 Å². The zero-order valence-electron chi connectivity index (χ0n) is 19.0. The molecular formula is C31H25N3. The number of fused-ring (bicyclic) bond motifs is 5. The maximum Gasteiger partial charge on any atom is 0.0788 e. The first-order valence-electron chi connectivity index (χ1n) is 12.1. The second-order valence-electron chi connectivity index (χ2n) is 9.13. The molecule has 0 spiro atoms. The lowest BCUT2D eigenvalue weighted by Crippen LogP contribution is -2.10. The smallest absolute Gasteiger partial charge is 0.0788 e. The van der Waals surface area contributed by atoms with Crippen LogP contribution < -0.4 is 0 Å². The number of nitrogens with zero attached hydrogens (tertiary/aromatic N) is 3. The second kappa shape index (κ2) is 7.74. The van der Waals surface area contributed by atoms with Crippen molar-refractivity contribution in [3.8, 4) is 5.69 Å². The van der Waals surface area contributed by atoms with Crippen molar-refractivity contribution in [2.75, 3.05) is 0 Å². The Balaban J connectivity index is 1.49. The Morgan fingerprint density at radius 2 is 1.62 bits per heavy atom. The molecule has 1 aliphatic carbocycles. The number of aliphatic imine (C=N–C) groups is 1. The number of para-hydroxylation sites is 2. The van der Waals surface area contributed by atoms with Crippen molar-refractivity contribution in [3.63, 3.8) is 0 Å². The molecule has 0 unspecified atom stereocenters. The van der Waals surface area contributed by atoms with Crippen molar-refractivity contribution in [1.82, 2.24) is 9.13 Å². The molecule has 2 aromatic heterocycles. The van der Waals surface area contributed by atoms with Gasteiger partial charge in [0, 0.05) is 45.7 Å². The van der Waals surface area contributed by atoms with E-state index in [1.807, 2.05) is 0 Å². The second-order valence-corrected chi connectivity index (χ2v) is 9.13. The van der Waals surface area contributed by atoms with E-state index in [4.69, 9.17) is 4.99 Å². The summed E-state index contributed by atoms with van der Waals surface area (Å²) in [5.41, 5.74) is 8.81. The number of hydrogen-bond acceptors (Lipinski definition) is 1. The van der Waals surface area contributed by atoms with Gasteiger partial charge in [-0.25, -0.2) is 0 Å². The highest BCUT2D eigenvalue weighted by atomic mass is 15.0. The lowest BCUT2D eigenvalue weighted by atomic mass is 9.96. The van der Waals surface area contributed by atoms with E-state index < -0.39 is 0 Å². The minimum Gasteiger partial charge on any atom is -0.317 e. The number of allylic oxidation sites excluding steroid dienone is 5. The summed E-state index contributed by atoms with van der Waals surface area (Å²) in [5, 5.41) is 3.82. The predicted molar refractivity (Wildman–Crippen MR) is 144 cm³/mol. The molecule has 0 saturated carbocycles. The molecule has 0 atom stereocenters. The first-order valence-corrected chi connectivity index (χ1v) is 12.1. The zero-order valence-corrected chi connectivity index (χ0v) is 19.0. The molecule has 34 heavy (non-hydrogen) atoms. The van der Waals surface area contributed by atoms with E-state index >= 15 is 0 Å². The van der Waals surface area contributed by atoms with E-state index in [0.29, 0.717) is 0 Å². The first kappa shape index (κ1) is 19.4. The molecule has 1 aliphatic heterocycles. The van der Waals surface area contributed by atoms with Gasteiger partial charge in [-0.05, 0) is 55.5 Å². The fraction of sp³-hybridized carbons (Fsp3) is 0.129. The molecule has 0 bridgehead atoms. The summed E-state index contributed by atoms with van der Waals surface area (Å²) in [6.45, 7) is 0. The lowest BCUT2D eigenvalue weighted by Gasteiger charge is -2.19. The third-order valence-electron chi connectivity index (χ3n) is 7.18. The molecule has 0 radical (unpaired) electrons. The molecule has 5 aromatic rings. The minimum absolute atomic E-state index is 0.989. The third kappa shape index (κ3) is 2.94. The van der Waals surface area contributed by atoms with E-state index in [1.54, 1.807) is 0 Å². The summed E-state index contributed by atoms with van der Waals surface area (Å²) in [5.74, 6) is 0. The summed E-state index contributed by atoms with van der Waals surface area (Å²) < 4.78 is 4.78. The molecule has 3 nitrogen and oxygen atoms in total. The van der Waals surface area contributed by atoms with Crippen molar-refractivity contribution in [1.29, 1.82) is 0 Å². The fourth-order valence-corrected chi connectivity index (χ4v) is 5.55. The van der Waals surface area contributed by atoms with Crippen molar-refractivity contribution in [2.45, 2.75) is 25.7 Å². The highest BCUT2D eigenvalue weighted by molar-refractivity contribution is 6.18. The van der Waals surface area contributed by atoms with E-state index in [1.165, 1.54) is 55.4 Å². The van der Waals surface area contributed by atoms with Gasteiger partial charge in [-0.3, -0.25) is 4.99 Å². The summed E-state index contributed by atoms with van der Waals surface area (Å²) in [4.78, 5) is 4.93. The Labute approximate surface area is 198 Å². The average molecular weight is 440 g/mol. The average Bonchev–Trinajstić information content (AvgIpc) is 3.49. The Morgan fingerprint density at radius 1 is 0.735 bits per heavy atom. The van der Waals surface area contributed by atoms with Crippen LogP contribution in [0, 0.1) is 0 Å². The molecule has 3 heterocycles. The van der Waals surface area contributed by atoms with Gasteiger partial charge in [0.1, 0.15) is 0 Å². The number of hydrogen-bond donors (Lipinski definition) is 0. The van der Waals surface area contributed by atoms with Gasteiger partial charge in [-0.2, -0.15) is 0 Å². The van der Waals surface area contributed by atoms with Gasteiger partial charge in [0.25, 0.3) is 0 Å². The topological polar surface area (TPSA) is 22.2 Å². The predicted octanol–water partition coefficient (Wildman–Crippen LogP) is 8.05. The molecule has 0 N–H and O–H groups in total. The standard InChI is InChI=1S/C31H25N3/c1-3-9-22(10-4-1)28-18-16-25(21-32-28)33-20-19-23-15-17-27-26-13-7-8-14-29(26)34(31(27)30(23)33)24-11-5-2-6-12-24/h1-3,5-9,11-15,17,19-21H,4,10,16,18H2. The number of rotatable bonds is 3. The highest BCUT2D eigenvalue weighted by Gasteiger charge is 2.20. The molecule has 3 aromatic carbocycles. The van der Waals surface area contributed by atoms with Crippen LogP contribution in [0.5, 0.6) is 0 Å². The van der Waals surface area contributed by atoms with Crippen LogP contribution >= 0.6 is 0 Å². The summed E-state index contributed by atoms with van der Waals surface area (Å²) in [6.07, 6.45) is 15.1. The van der Waals surface area contributed by atoms with Gasteiger partial charge in [-0.1, -0.05) is 66.8 Å². The Kier molecular flexibility index (Phi) is 4.41. The maximum atomic E-state index is 4.93. The largest absolute Gasteiger partial charge is 0.317 e. The lowest BCUT2D eigenvalue weighted by molar-refractivity contribution is 0.944. The van der Waals surface area contributed by atoms with Crippen molar-refractivity contribution < 1.29 is 0 Å². The molecule has 164 valence electrons.